The number of benzene rings is 1. The maximum atomic E-state index is 10.2. The Hall–Kier alpha value is -1.70. The Kier molecular flexibility index (Phi) is 6.07. The minimum atomic E-state index is 0.0202. The van der Waals surface area contributed by atoms with Crippen molar-refractivity contribution in [2.75, 3.05) is 0 Å². The third kappa shape index (κ3) is 3.90. The fourth-order valence-corrected chi connectivity index (χ4v) is 3.01. The molecule has 0 fully saturated rings. The Balaban J connectivity index is 0.00000106. The van der Waals surface area contributed by atoms with Gasteiger partial charge in [0.05, 0.1) is 0 Å². The first-order valence-corrected chi connectivity index (χ1v) is 7.75. The van der Waals surface area contributed by atoms with Crippen LogP contribution in [0.15, 0.2) is 35.9 Å². The van der Waals surface area contributed by atoms with E-state index in [0.29, 0.717) is 5.56 Å². The minimum absolute atomic E-state index is 0.0202. The van der Waals surface area contributed by atoms with E-state index in [9.17, 15) is 10.2 Å². The zero-order valence-corrected chi connectivity index (χ0v) is 13.9. The topological polar surface area (TPSA) is 40.5 Å². The molecule has 2 heteroatoms. The number of hydrogen-bond donors (Lipinski definition) is 2. The fourth-order valence-electron chi connectivity index (χ4n) is 3.01. The van der Waals surface area contributed by atoms with Gasteiger partial charge in [-0.1, -0.05) is 37.6 Å². The van der Waals surface area contributed by atoms with E-state index in [0.717, 1.165) is 24.0 Å². The van der Waals surface area contributed by atoms with E-state index in [1.807, 2.05) is 27.7 Å². The van der Waals surface area contributed by atoms with Crippen molar-refractivity contribution in [1.29, 1.82) is 0 Å². The van der Waals surface area contributed by atoms with Gasteiger partial charge in [0, 0.05) is 11.5 Å². The molecule has 0 heterocycles. The van der Waals surface area contributed by atoms with Gasteiger partial charge < -0.3 is 10.2 Å². The molecule has 0 radical (unpaired) electrons. The summed E-state index contributed by atoms with van der Waals surface area (Å²) in [7, 11) is 0. The zero-order chi connectivity index (χ0) is 16.2. The van der Waals surface area contributed by atoms with Gasteiger partial charge in [-0.25, -0.2) is 0 Å². The van der Waals surface area contributed by atoms with Crippen LogP contribution in [0.3, 0.4) is 0 Å². The first kappa shape index (κ1) is 17.4. The number of phenolic OH excluding ortho intramolecular Hbond substituents is 2. The molecule has 2 rings (SSSR count). The second-order valence-corrected chi connectivity index (χ2v) is 5.75. The average Bonchev–Trinajstić information content (AvgIpc) is 2.39. The molecule has 2 atom stereocenters. The Morgan fingerprint density at radius 2 is 1.67 bits per heavy atom. The summed E-state index contributed by atoms with van der Waals surface area (Å²) >= 11 is 0. The van der Waals surface area contributed by atoms with Crippen molar-refractivity contribution >= 4 is 0 Å². The van der Waals surface area contributed by atoms with Gasteiger partial charge in [-0.3, -0.25) is 0 Å². The molecule has 2 nitrogen and oxygen atoms in total. The van der Waals surface area contributed by atoms with Crippen molar-refractivity contribution in [2.45, 2.75) is 53.4 Å². The average molecular weight is 288 g/mol. The van der Waals surface area contributed by atoms with Crippen LogP contribution in [-0.4, -0.2) is 10.2 Å². The zero-order valence-electron chi connectivity index (χ0n) is 13.9. The molecule has 1 aliphatic carbocycles. The second-order valence-electron chi connectivity index (χ2n) is 5.75. The maximum Gasteiger partial charge on any atom is 0.123 e. The molecule has 0 saturated carbocycles. The lowest BCUT2D eigenvalue weighted by Gasteiger charge is -2.31. The monoisotopic (exact) mass is 288 g/mol. The minimum Gasteiger partial charge on any atom is -0.507 e. The van der Waals surface area contributed by atoms with Crippen molar-refractivity contribution in [3.63, 3.8) is 0 Å². The lowest BCUT2D eigenvalue weighted by Crippen LogP contribution is -2.17. The highest BCUT2D eigenvalue weighted by Crippen LogP contribution is 2.46. The van der Waals surface area contributed by atoms with E-state index >= 15 is 0 Å². The summed E-state index contributed by atoms with van der Waals surface area (Å²) in [5.74, 6) is 0.662. The van der Waals surface area contributed by atoms with Crippen molar-refractivity contribution in [3.05, 3.63) is 47.1 Å². The first-order chi connectivity index (χ1) is 9.90. The van der Waals surface area contributed by atoms with Crippen LogP contribution in [0.5, 0.6) is 11.5 Å². The highest BCUT2D eigenvalue weighted by atomic mass is 16.3. The predicted molar refractivity (Wildman–Crippen MR) is 89.9 cm³/mol. The van der Waals surface area contributed by atoms with Gasteiger partial charge in [-0.15, -0.1) is 0 Å². The second kappa shape index (κ2) is 7.35. The van der Waals surface area contributed by atoms with Crippen LogP contribution >= 0.6 is 0 Å². The quantitative estimate of drug-likeness (QED) is 0.710. The molecule has 2 unspecified atom stereocenters. The summed E-state index contributed by atoms with van der Waals surface area (Å²) in [6.45, 7) is 14.0. The molecule has 1 aromatic carbocycles. The first-order valence-electron chi connectivity index (χ1n) is 7.75. The smallest absolute Gasteiger partial charge is 0.123 e. The van der Waals surface area contributed by atoms with Crippen LogP contribution in [0, 0.1) is 12.8 Å². The normalized spacial score (nSPS) is 21.1. The molecule has 1 aliphatic rings. The Bertz CT molecular complexity index is 517. The van der Waals surface area contributed by atoms with Crippen LogP contribution < -0.4 is 0 Å². The molecule has 1 aromatic rings. The summed E-state index contributed by atoms with van der Waals surface area (Å²) < 4.78 is 0. The van der Waals surface area contributed by atoms with Crippen molar-refractivity contribution in [2.24, 2.45) is 5.92 Å². The Labute approximate surface area is 128 Å². The largest absolute Gasteiger partial charge is 0.507 e. The van der Waals surface area contributed by atoms with Gasteiger partial charge in [-0.05, 0) is 57.2 Å². The van der Waals surface area contributed by atoms with Crippen LogP contribution in [-0.2, 0) is 0 Å². The number of phenols is 2. The van der Waals surface area contributed by atoms with Crippen molar-refractivity contribution < 1.29 is 10.2 Å². The lowest BCUT2D eigenvalue weighted by molar-refractivity contribution is 0.406. The molecule has 0 bridgehead atoms. The Morgan fingerprint density at radius 3 is 2.14 bits per heavy atom. The highest BCUT2D eigenvalue weighted by molar-refractivity contribution is 5.51. The van der Waals surface area contributed by atoms with Gasteiger partial charge >= 0.3 is 0 Å². The molecule has 0 saturated heterocycles. The lowest BCUT2D eigenvalue weighted by atomic mass is 9.74. The molecule has 21 heavy (non-hydrogen) atoms. The molecule has 0 spiro atoms. The number of aryl methyl sites for hydroxylation is 1. The van der Waals surface area contributed by atoms with E-state index in [4.69, 9.17) is 0 Å². The van der Waals surface area contributed by atoms with Gasteiger partial charge in [0.25, 0.3) is 0 Å². The summed E-state index contributed by atoms with van der Waals surface area (Å²) in [5, 5.41) is 20.4. The van der Waals surface area contributed by atoms with Crippen LogP contribution in [0.4, 0.5) is 0 Å². The number of aromatic hydroxyl groups is 2. The summed E-state index contributed by atoms with van der Waals surface area (Å²) in [6, 6.07) is 3.42. The molecular formula is C19H28O2. The van der Waals surface area contributed by atoms with Crippen LogP contribution in [0.1, 0.15) is 57.6 Å². The van der Waals surface area contributed by atoms with E-state index in [1.165, 1.54) is 5.57 Å². The summed E-state index contributed by atoms with van der Waals surface area (Å²) in [4.78, 5) is 0. The van der Waals surface area contributed by atoms with E-state index in [1.54, 1.807) is 12.1 Å². The maximum absolute atomic E-state index is 10.2. The molecule has 0 aromatic heterocycles. The van der Waals surface area contributed by atoms with Gasteiger partial charge in [0.2, 0.25) is 0 Å². The fraction of sp³-hybridized carbons (Fsp3) is 0.474. The van der Waals surface area contributed by atoms with Crippen LogP contribution in [0.25, 0.3) is 0 Å². The number of rotatable bonds is 2. The Morgan fingerprint density at radius 1 is 1.14 bits per heavy atom. The van der Waals surface area contributed by atoms with E-state index < -0.39 is 0 Å². The third-order valence-corrected chi connectivity index (χ3v) is 3.99. The molecule has 0 aliphatic heterocycles. The van der Waals surface area contributed by atoms with Crippen molar-refractivity contribution in [3.8, 4) is 11.5 Å². The van der Waals surface area contributed by atoms with E-state index in [-0.39, 0.29) is 23.3 Å². The molecule has 0 amide bonds. The molecule has 2 N–H and O–H groups in total. The van der Waals surface area contributed by atoms with E-state index in [2.05, 4.69) is 19.6 Å². The van der Waals surface area contributed by atoms with Gasteiger partial charge in [0.15, 0.2) is 0 Å². The number of hydrogen-bond acceptors (Lipinski definition) is 2. The van der Waals surface area contributed by atoms with Crippen molar-refractivity contribution in [1.82, 2.24) is 0 Å². The predicted octanol–water partition coefficient (Wildman–Crippen LogP) is 5.45. The SMILES string of the molecule is C=C(C)C1CCC(C)=CC1c1c(O)cc(C)cc1O.CC. The molecular weight excluding hydrogens is 260 g/mol. The summed E-state index contributed by atoms with van der Waals surface area (Å²) in [5.41, 5.74) is 3.91. The van der Waals surface area contributed by atoms with Gasteiger partial charge in [0.1, 0.15) is 11.5 Å². The van der Waals surface area contributed by atoms with Gasteiger partial charge in [-0.2, -0.15) is 0 Å². The van der Waals surface area contributed by atoms with Crippen LogP contribution in [0.2, 0.25) is 0 Å². The highest BCUT2D eigenvalue weighted by Gasteiger charge is 2.29. The molecule has 116 valence electrons. The standard InChI is InChI=1S/C17H22O2.C2H6/c1-10(2)13-6-5-11(3)7-14(13)17-15(18)8-12(4)9-16(17)19;1-2/h7-9,13-14,18-19H,1,5-6H2,2-4H3;1-2H3. The third-order valence-electron chi connectivity index (χ3n) is 3.99. The number of allylic oxidation sites excluding steroid dienone is 3. The summed E-state index contributed by atoms with van der Waals surface area (Å²) in [6.07, 6.45) is 4.24.